The highest BCUT2D eigenvalue weighted by molar-refractivity contribution is 7.83. The number of aliphatic hydroxyl groups excluding tert-OH is 2. The third-order valence-electron chi connectivity index (χ3n) is 3.56. The molecule has 0 saturated carbocycles. The van der Waals surface area contributed by atoms with Crippen molar-refractivity contribution in [1.29, 1.82) is 0 Å². The highest BCUT2D eigenvalue weighted by Crippen LogP contribution is 2.38. The van der Waals surface area contributed by atoms with Gasteiger partial charge < -0.3 is 30.5 Å². The monoisotopic (exact) mass is 507 g/mol. The number of nitrogens with two attached hydrogens (primary N) is 1. The number of nitrogens with zero attached hydrogens (tertiary/aromatic N) is 4. The number of hydrogen-bond acceptors (Lipinski definition) is 14. The zero-order chi connectivity index (χ0) is 23.6. The predicted molar refractivity (Wildman–Crippen MR) is 94.6 cm³/mol. The van der Waals surface area contributed by atoms with E-state index in [1.54, 1.807) is 0 Å². The number of fused-ring (bicyclic) bond motifs is 1. The Morgan fingerprint density at radius 1 is 1.23 bits per heavy atom. The smallest absolute Gasteiger partial charge is 0.387 e. The van der Waals surface area contributed by atoms with E-state index in [-0.39, 0.29) is 11.5 Å². The van der Waals surface area contributed by atoms with E-state index in [2.05, 4.69) is 23.4 Å². The zero-order valence-electron chi connectivity index (χ0n) is 14.8. The van der Waals surface area contributed by atoms with Crippen molar-refractivity contribution in [1.82, 2.24) is 19.5 Å². The molecule has 21 heteroatoms. The average Bonchev–Trinajstić information content (AvgIpc) is 3.14. The molecule has 7 N–H and O–H groups in total. The molecule has 0 aromatic carbocycles. The maximum atomic E-state index is 10.7. The lowest BCUT2D eigenvalue weighted by molar-refractivity contribution is -0.0504. The largest absolute Gasteiger partial charge is 0.485 e. The Morgan fingerprint density at radius 3 is 2.39 bits per heavy atom. The van der Waals surface area contributed by atoms with Crippen LogP contribution in [0.2, 0.25) is 0 Å². The minimum atomic E-state index is -4.82. The molecule has 1 aliphatic rings. The summed E-state index contributed by atoms with van der Waals surface area (Å²) in [5.41, 5.74) is 6.25. The van der Waals surface area contributed by atoms with Crippen molar-refractivity contribution in [3.63, 3.8) is 0 Å². The summed E-state index contributed by atoms with van der Waals surface area (Å²) in [5, 5.41) is 20.1. The van der Waals surface area contributed by atoms with Gasteiger partial charge in [0.25, 0.3) is 0 Å². The van der Waals surface area contributed by atoms with Crippen LogP contribution < -0.4 is 5.73 Å². The molecule has 31 heavy (non-hydrogen) atoms. The van der Waals surface area contributed by atoms with Crippen LogP contribution in [0.3, 0.4) is 0 Å². The second-order valence-corrected chi connectivity index (χ2v) is 8.78. The van der Waals surface area contributed by atoms with E-state index in [0.717, 1.165) is 0 Å². The first kappa shape index (κ1) is 25.4. The molecular formula is C10H15N5O13P2S. The Labute approximate surface area is 172 Å². The second-order valence-electron chi connectivity index (χ2n) is 5.64. The van der Waals surface area contributed by atoms with E-state index in [4.69, 9.17) is 24.8 Å². The van der Waals surface area contributed by atoms with Crippen molar-refractivity contribution in [2.45, 2.75) is 24.5 Å². The third kappa shape index (κ3) is 7.06. The number of ether oxygens (including phenoxy) is 1. The quantitative estimate of drug-likeness (QED) is 0.182. The molecule has 0 unspecified atom stereocenters. The number of nitrogen functional groups attached to an aromatic ring is 1. The van der Waals surface area contributed by atoms with Crippen molar-refractivity contribution in [3.8, 4) is 0 Å². The molecule has 0 amide bonds. The van der Waals surface area contributed by atoms with Gasteiger partial charge in [-0.2, -0.15) is 8.42 Å². The van der Waals surface area contributed by atoms with E-state index >= 15 is 0 Å². The number of anilines is 1. The van der Waals surface area contributed by atoms with Crippen LogP contribution in [0.4, 0.5) is 5.82 Å². The van der Waals surface area contributed by atoms with E-state index in [9.17, 15) is 32.3 Å². The molecule has 3 rings (SSSR count). The Hall–Kier alpha value is -1.89. The SMILES string of the molecule is Nc1ncnc2c1ncn2[C@@H]1O[C@H](COP(=O)(O)O)[C@@H](O)[C@H]1O.O=P(=O)OS(=O)(=O)O. The van der Waals surface area contributed by atoms with Gasteiger partial charge in [-0.15, -0.1) is 3.97 Å². The van der Waals surface area contributed by atoms with Gasteiger partial charge in [-0.3, -0.25) is 13.6 Å². The number of phosphoric acid groups is 1. The number of aromatic nitrogens is 4. The summed E-state index contributed by atoms with van der Waals surface area (Å²) in [4.78, 5) is 29.2. The number of phosphoric ester groups is 1. The Bertz CT molecular complexity index is 1140. The van der Waals surface area contributed by atoms with Gasteiger partial charge in [0.05, 0.1) is 12.9 Å². The molecule has 174 valence electrons. The van der Waals surface area contributed by atoms with Crippen LogP contribution in [0.5, 0.6) is 0 Å². The predicted octanol–water partition coefficient (Wildman–Crippen LogP) is -1.97. The van der Waals surface area contributed by atoms with Crippen LogP contribution in [-0.2, 0) is 37.3 Å². The topological polar surface area (TPSA) is 284 Å². The maximum absolute atomic E-state index is 10.7. The molecule has 1 saturated heterocycles. The van der Waals surface area contributed by atoms with E-state index < -0.39 is 57.3 Å². The number of rotatable bonds is 6. The number of hydrogen-bond donors (Lipinski definition) is 6. The van der Waals surface area contributed by atoms with Crippen LogP contribution in [0.15, 0.2) is 12.7 Å². The van der Waals surface area contributed by atoms with Gasteiger partial charge in [0.1, 0.15) is 30.2 Å². The van der Waals surface area contributed by atoms with Crippen molar-refractivity contribution < 1.29 is 59.9 Å². The van der Waals surface area contributed by atoms with Crippen molar-refractivity contribution in [3.05, 3.63) is 12.7 Å². The van der Waals surface area contributed by atoms with Gasteiger partial charge in [-0.25, -0.2) is 28.6 Å². The van der Waals surface area contributed by atoms with Gasteiger partial charge in [-0.1, -0.05) is 0 Å². The van der Waals surface area contributed by atoms with Crippen LogP contribution >= 0.6 is 15.7 Å². The van der Waals surface area contributed by atoms with Gasteiger partial charge in [0.2, 0.25) is 0 Å². The molecule has 0 radical (unpaired) electrons. The maximum Gasteiger partial charge on any atom is 0.485 e. The minimum Gasteiger partial charge on any atom is -0.387 e. The van der Waals surface area contributed by atoms with E-state index in [1.807, 2.05) is 0 Å². The second kappa shape index (κ2) is 9.72. The molecule has 1 fully saturated rings. The summed E-state index contributed by atoms with van der Waals surface area (Å²) in [6.07, 6.45) is -2.49. The minimum absolute atomic E-state index is 0.142. The first-order chi connectivity index (χ1) is 14.2. The third-order valence-corrected chi connectivity index (χ3v) is 5.29. The van der Waals surface area contributed by atoms with Gasteiger partial charge >= 0.3 is 26.1 Å². The Kier molecular flexibility index (Phi) is 7.95. The van der Waals surface area contributed by atoms with Crippen molar-refractivity contribution >= 4 is 43.1 Å². The fourth-order valence-corrected chi connectivity index (χ4v) is 3.36. The normalized spacial score (nSPS) is 24.0. The summed E-state index contributed by atoms with van der Waals surface area (Å²) >= 11 is 0. The molecule has 1 aliphatic heterocycles. The lowest BCUT2D eigenvalue weighted by Crippen LogP contribution is -2.33. The van der Waals surface area contributed by atoms with E-state index in [1.165, 1.54) is 17.2 Å². The molecule has 4 atom stereocenters. The molecule has 0 spiro atoms. The summed E-state index contributed by atoms with van der Waals surface area (Å²) in [6.45, 7) is -0.594. The zero-order valence-corrected chi connectivity index (χ0v) is 17.4. The summed E-state index contributed by atoms with van der Waals surface area (Å²) in [6, 6.07) is 0. The lowest BCUT2D eigenvalue weighted by atomic mass is 10.1. The highest BCUT2D eigenvalue weighted by atomic mass is 32.3. The van der Waals surface area contributed by atoms with Gasteiger partial charge in [-0.05, 0) is 0 Å². The summed E-state index contributed by atoms with van der Waals surface area (Å²) < 4.78 is 69.6. The molecule has 3 heterocycles. The first-order valence-corrected chi connectivity index (χ1v) is 11.6. The van der Waals surface area contributed by atoms with Crippen LogP contribution in [-0.4, -0.2) is 77.4 Å². The molecule has 2 aromatic heterocycles. The van der Waals surface area contributed by atoms with Gasteiger partial charge in [0.15, 0.2) is 17.7 Å². The van der Waals surface area contributed by atoms with Crippen molar-refractivity contribution in [2.75, 3.05) is 12.3 Å². The average molecular weight is 507 g/mol. The van der Waals surface area contributed by atoms with Crippen LogP contribution in [0.25, 0.3) is 11.2 Å². The molecular weight excluding hydrogens is 492 g/mol. The Balaban J connectivity index is 0.000000366. The molecule has 0 aliphatic carbocycles. The number of aliphatic hydroxyl groups is 2. The molecule has 0 bridgehead atoms. The Morgan fingerprint density at radius 2 is 1.87 bits per heavy atom. The lowest BCUT2D eigenvalue weighted by Gasteiger charge is -2.16. The summed E-state index contributed by atoms with van der Waals surface area (Å²) in [5.74, 6) is 0.142. The fraction of sp³-hybridized carbons (Fsp3) is 0.500. The molecule has 2 aromatic rings. The first-order valence-electron chi connectivity index (χ1n) is 7.65. The van der Waals surface area contributed by atoms with Crippen LogP contribution in [0, 0.1) is 0 Å². The van der Waals surface area contributed by atoms with E-state index in [0.29, 0.717) is 5.52 Å². The standard InChI is InChI=1S/C10H14N5O7P.HO6PS/c11-8-5-9(13-2-12-8)15(3-14-5)10-7(17)6(16)4(22-10)1-21-23(18,19)20;1-7(2)6-8(3,4)5/h2-4,6-7,10,16-17H,1H2,(H2,11,12,13)(H2,18,19,20);(H,3,4,5)/t4-,6-,7-,10-;/m1./s1. The van der Waals surface area contributed by atoms with Crippen LogP contribution in [0.1, 0.15) is 6.23 Å². The summed E-state index contributed by atoms with van der Waals surface area (Å²) in [7, 11) is -13.1. The fourth-order valence-electron chi connectivity index (χ4n) is 2.40. The number of imidazole rings is 1. The van der Waals surface area contributed by atoms with Gasteiger partial charge in [0, 0.05) is 0 Å². The van der Waals surface area contributed by atoms with Crippen molar-refractivity contribution in [2.24, 2.45) is 0 Å². The highest BCUT2D eigenvalue weighted by Gasteiger charge is 2.45. The molecule has 18 nitrogen and oxygen atoms in total.